The number of nitrogens with zero attached hydrogens (tertiary/aromatic N) is 3. The molecule has 1 aliphatic heterocycles. The number of hydrogen-bond donors (Lipinski definition) is 0. The third-order valence-corrected chi connectivity index (χ3v) is 9.98. The SMILES string of the molecule is CCN(CC)C(=O)C1=C(C)N=c2s/c(=C/c3cc(Br)ccc3OCc3ccc(C)cc3)c(=O)n2[C@@H]1c1c(OC)ccc2ccccc12. The number of fused-ring (bicyclic) bond motifs is 2. The lowest BCUT2D eigenvalue weighted by molar-refractivity contribution is -0.127. The fourth-order valence-electron chi connectivity index (χ4n) is 6.04. The van der Waals surface area contributed by atoms with Crippen LogP contribution < -0.4 is 24.4 Å². The van der Waals surface area contributed by atoms with Crippen LogP contribution in [0.25, 0.3) is 16.8 Å². The maximum absolute atomic E-state index is 14.6. The van der Waals surface area contributed by atoms with E-state index in [1.165, 1.54) is 16.9 Å². The summed E-state index contributed by atoms with van der Waals surface area (Å²) < 4.78 is 15.2. The number of likely N-dealkylation sites (N-methyl/N-ethyl adjacent to an activating group) is 1. The summed E-state index contributed by atoms with van der Waals surface area (Å²) in [6.07, 6.45) is 1.85. The van der Waals surface area contributed by atoms with E-state index in [4.69, 9.17) is 14.5 Å². The van der Waals surface area contributed by atoms with Crippen LogP contribution in [0, 0.1) is 6.92 Å². The van der Waals surface area contributed by atoms with Gasteiger partial charge in [0.05, 0.1) is 22.9 Å². The second-order valence-electron chi connectivity index (χ2n) is 11.4. The minimum atomic E-state index is -0.748. The highest BCUT2D eigenvalue weighted by Crippen LogP contribution is 2.40. The van der Waals surface area contributed by atoms with E-state index >= 15 is 0 Å². The van der Waals surface area contributed by atoms with Crippen molar-refractivity contribution in [1.29, 1.82) is 0 Å². The zero-order chi connectivity index (χ0) is 33.2. The number of aromatic nitrogens is 1. The maximum atomic E-state index is 14.6. The van der Waals surface area contributed by atoms with Gasteiger partial charge in [0.15, 0.2) is 4.80 Å². The molecule has 2 heterocycles. The molecule has 0 saturated heterocycles. The number of thiazole rings is 1. The molecule has 1 aromatic heterocycles. The lowest BCUT2D eigenvalue weighted by atomic mass is 9.90. The monoisotopic (exact) mass is 709 g/mol. The average molecular weight is 711 g/mol. The Labute approximate surface area is 286 Å². The summed E-state index contributed by atoms with van der Waals surface area (Å²) in [5, 5.41) is 1.89. The van der Waals surface area contributed by atoms with Gasteiger partial charge in [-0.25, -0.2) is 4.99 Å². The summed E-state index contributed by atoms with van der Waals surface area (Å²) in [5.74, 6) is 1.10. The van der Waals surface area contributed by atoms with Gasteiger partial charge in [-0.3, -0.25) is 14.2 Å². The summed E-state index contributed by atoms with van der Waals surface area (Å²) in [6.45, 7) is 9.27. The van der Waals surface area contributed by atoms with Gasteiger partial charge in [-0.05, 0) is 74.4 Å². The molecule has 5 aromatic rings. The quantitative estimate of drug-likeness (QED) is 0.167. The number of carbonyl (C=O) groups is 1. The Morgan fingerprint density at radius 1 is 1.00 bits per heavy atom. The molecule has 4 aromatic carbocycles. The van der Waals surface area contributed by atoms with E-state index in [0.717, 1.165) is 31.9 Å². The number of benzene rings is 4. The number of amides is 1. The summed E-state index contributed by atoms with van der Waals surface area (Å²) in [5.41, 5.74) is 4.55. The molecule has 0 spiro atoms. The third-order valence-electron chi connectivity index (χ3n) is 8.50. The van der Waals surface area contributed by atoms with E-state index < -0.39 is 6.04 Å². The molecule has 0 fully saturated rings. The van der Waals surface area contributed by atoms with Crippen LogP contribution in [0.5, 0.6) is 11.5 Å². The molecular formula is C38H36BrN3O4S. The third kappa shape index (κ3) is 6.30. The van der Waals surface area contributed by atoms with E-state index in [9.17, 15) is 9.59 Å². The van der Waals surface area contributed by atoms with Crippen molar-refractivity contribution in [2.75, 3.05) is 20.2 Å². The number of aryl methyl sites for hydroxylation is 1. The predicted octanol–water partition coefficient (Wildman–Crippen LogP) is 6.92. The van der Waals surface area contributed by atoms with E-state index in [1.807, 2.05) is 93.6 Å². The highest BCUT2D eigenvalue weighted by molar-refractivity contribution is 9.10. The smallest absolute Gasteiger partial charge is 0.271 e. The van der Waals surface area contributed by atoms with Crippen molar-refractivity contribution in [3.63, 3.8) is 0 Å². The van der Waals surface area contributed by atoms with Gasteiger partial charge in [-0.1, -0.05) is 87.4 Å². The minimum absolute atomic E-state index is 0.149. The Morgan fingerprint density at radius 3 is 2.45 bits per heavy atom. The molecule has 0 bridgehead atoms. The van der Waals surface area contributed by atoms with Crippen molar-refractivity contribution in [1.82, 2.24) is 9.47 Å². The first-order valence-electron chi connectivity index (χ1n) is 15.6. The predicted molar refractivity (Wildman–Crippen MR) is 192 cm³/mol. The molecule has 47 heavy (non-hydrogen) atoms. The molecule has 0 N–H and O–H groups in total. The van der Waals surface area contributed by atoms with Gasteiger partial charge in [0, 0.05) is 28.7 Å². The molecule has 9 heteroatoms. The van der Waals surface area contributed by atoms with Crippen LogP contribution in [-0.2, 0) is 11.4 Å². The Morgan fingerprint density at radius 2 is 1.72 bits per heavy atom. The van der Waals surface area contributed by atoms with E-state index in [1.54, 1.807) is 16.6 Å². The van der Waals surface area contributed by atoms with Crippen molar-refractivity contribution in [3.05, 3.63) is 137 Å². The summed E-state index contributed by atoms with van der Waals surface area (Å²) in [4.78, 5) is 36.0. The Hall–Kier alpha value is -4.47. The summed E-state index contributed by atoms with van der Waals surface area (Å²) in [7, 11) is 1.62. The number of halogens is 1. The van der Waals surface area contributed by atoms with Gasteiger partial charge < -0.3 is 14.4 Å². The second kappa shape index (κ2) is 13.7. The van der Waals surface area contributed by atoms with E-state index in [2.05, 4.69) is 35.0 Å². The van der Waals surface area contributed by atoms with Crippen molar-refractivity contribution in [3.8, 4) is 11.5 Å². The fraction of sp³-hybridized carbons (Fsp3) is 0.237. The lowest BCUT2D eigenvalue weighted by Crippen LogP contribution is -2.43. The number of methoxy groups -OCH3 is 1. The average Bonchev–Trinajstić information content (AvgIpc) is 3.38. The zero-order valence-corrected chi connectivity index (χ0v) is 29.4. The van der Waals surface area contributed by atoms with Crippen molar-refractivity contribution < 1.29 is 14.3 Å². The molecule has 6 rings (SSSR count). The molecule has 7 nitrogen and oxygen atoms in total. The van der Waals surface area contributed by atoms with Crippen LogP contribution >= 0.6 is 27.3 Å². The fourth-order valence-corrected chi connectivity index (χ4v) is 7.45. The molecule has 0 unspecified atom stereocenters. The molecule has 1 atom stereocenters. The van der Waals surface area contributed by atoms with Crippen LogP contribution in [0.2, 0.25) is 0 Å². The molecular weight excluding hydrogens is 674 g/mol. The number of ether oxygens (including phenoxy) is 2. The normalized spacial score (nSPS) is 14.6. The first kappa shape index (κ1) is 32.5. The van der Waals surface area contributed by atoms with Gasteiger partial charge in [0.2, 0.25) is 0 Å². The molecule has 0 aliphatic carbocycles. The highest BCUT2D eigenvalue weighted by Gasteiger charge is 2.36. The lowest BCUT2D eigenvalue weighted by Gasteiger charge is -2.30. The zero-order valence-electron chi connectivity index (χ0n) is 27.0. The molecule has 0 radical (unpaired) electrons. The maximum Gasteiger partial charge on any atom is 0.271 e. The standard InChI is InChI=1S/C38H36BrN3O4S/c1-6-41(7-2)37(44)33-24(4)40-38-42(35(33)34-29-11-9-8-10-26(29)16-18-31(34)45-5)36(43)32(47-38)21-27-20-28(39)17-19-30(27)46-22-25-14-12-23(3)13-15-25/h8-21,35H,6-7,22H2,1-5H3/b32-21+/t35-/m0/s1. The number of rotatable bonds is 9. The van der Waals surface area contributed by atoms with Crippen molar-refractivity contribution >= 4 is 50.0 Å². The largest absolute Gasteiger partial charge is 0.496 e. The topological polar surface area (TPSA) is 73.1 Å². The molecule has 240 valence electrons. The van der Waals surface area contributed by atoms with Crippen molar-refractivity contribution in [2.45, 2.75) is 40.3 Å². The minimum Gasteiger partial charge on any atom is -0.496 e. The Balaban J connectivity index is 1.55. The van der Waals surface area contributed by atoms with E-state index in [0.29, 0.717) is 51.8 Å². The summed E-state index contributed by atoms with van der Waals surface area (Å²) >= 11 is 4.89. The van der Waals surface area contributed by atoms with Crippen LogP contribution in [0.3, 0.4) is 0 Å². The first-order valence-corrected chi connectivity index (χ1v) is 17.2. The van der Waals surface area contributed by atoms with Gasteiger partial charge in [-0.2, -0.15) is 0 Å². The molecule has 1 amide bonds. The summed E-state index contributed by atoms with van der Waals surface area (Å²) in [6, 6.07) is 25.1. The van der Waals surface area contributed by atoms with Crippen LogP contribution in [0.15, 0.2) is 104 Å². The van der Waals surface area contributed by atoms with Crippen LogP contribution in [-0.4, -0.2) is 35.6 Å². The Kier molecular flexibility index (Phi) is 9.47. The first-order chi connectivity index (χ1) is 22.7. The van der Waals surface area contributed by atoms with E-state index in [-0.39, 0.29) is 11.5 Å². The van der Waals surface area contributed by atoms with Gasteiger partial charge >= 0.3 is 0 Å². The Bertz CT molecular complexity index is 2200. The second-order valence-corrected chi connectivity index (χ2v) is 13.3. The molecule has 1 aliphatic rings. The number of carbonyl (C=O) groups excluding carboxylic acids is 1. The van der Waals surface area contributed by atoms with Crippen LogP contribution in [0.1, 0.15) is 49.1 Å². The number of allylic oxidation sites excluding steroid dienone is 1. The van der Waals surface area contributed by atoms with Crippen molar-refractivity contribution in [2.24, 2.45) is 4.99 Å². The van der Waals surface area contributed by atoms with Gasteiger partial charge in [0.1, 0.15) is 24.1 Å². The number of hydrogen-bond acceptors (Lipinski definition) is 6. The van der Waals surface area contributed by atoms with Crippen LogP contribution in [0.4, 0.5) is 0 Å². The van der Waals surface area contributed by atoms with Gasteiger partial charge in [0.25, 0.3) is 11.5 Å². The van der Waals surface area contributed by atoms with Gasteiger partial charge in [-0.15, -0.1) is 0 Å². The highest BCUT2D eigenvalue weighted by atomic mass is 79.9. The molecule has 0 saturated carbocycles.